The van der Waals surface area contributed by atoms with Crippen molar-refractivity contribution in [3.05, 3.63) is 0 Å². The number of nitrogens with one attached hydrogen (secondary N) is 1. The molecule has 0 saturated carbocycles. The van der Waals surface area contributed by atoms with Crippen LogP contribution in [0.1, 0.15) is 26.2 Å². The van der Waals surface area contributed by atoms with E-state index in [-0.39, 0.29) is 5.91 Å². The van der Waals surface area contributed by atoms with Crippen LogP contribution in [0.5, 0.6) is 0 Å². The van der Waals surface area contributed by atoms with Crippen LogP contribution in [0.4, 0.5) is 0 Å². The van der Waals surface area contributed by atoms with E-state index < -0.39 is 0 Å². The summed E-state index contributed by atoms with van der Waals surface area (Å²) in [6.45, 7) is 7.43. The highest BCUT2D eigenvalue weighted by molar-refractivity contribution is 5.78. The van der Waals surface area contributed by atoms with Gasteiger partial charge in [0.2, 0.25) is 5.91 Å². The number of carbonyl (C=O) groups excluding carboxylic acids is 1. The van der Waals surface area contributed by atoms with E-state index in [1.54, 1.807) is 0 Å². The van der Waals surface area contributed by atoms with E-state index in [1.165, 1.54) is 12.8 Å². The molecule has 2 heterocycles. The first kappa shape index (κ1) is 12.8. The Kier molecular flexibility index (Phi) is 4.80. The maximum Gasteiger partial charge on any atom is 0.234 e. The van der Waals surface area contributed by atoms with E-state index in [9.17, 15) is 4.79 Å². The van der Waals surface area contributed by atoms with Crippen molar-refractivity contribution in [1.29, 1.82) is 0 Å². The largest absolute Gasteiger partial charge is 0.381 e. The third-order valence-electron chi connectivity index (χ3n) is 3.72. The molecule has 2 unspecified atom stereocenters. The molecule has 2 aliphatic heterocycles. The third-order valence-corrected chi connectivity index (χ3v) is 3.72. The molecule has 2 saturated heterocycles. The molecule has 0 aliphatic carbocycles. The fourth-order valence-electron chi connectivity index (χ4n) is 2.66. The summed E-state index contributed by atoms with van der Waals surface area (Å²) >= 11 is 0. The number of ether oxygens (including phenoxy) is 1. The van der Waals surface area contributed by atoms with Gasteiger partial charge in [-0.1, -0.05) is 6.92 Å². The standard InChI is InChI=1S/C13H24N2O2/c1-11-4-5-15(8-11)9-13(16)14-7-12-3-2-6-17-10-12/h11-12H,2-10H2,1H3,(H,14,16). The second-order valence-corrected chi connectivity index (χ2v) is 5.52. The zero-order chi connectivity index (χ0) is 12.1. The topological polar surface area (TPSA) is 41.6 Å². The Morgan fingerprint density at radius 2 is 2.35 bits per heavy atom. The van der Waals surface area contributed by atoms with E-state index in [1.807, 2.05) is 0 Å². The SMILES string of the molecule is CC1CCN(CC(=O)NCC2CCCOC2)C1. The number of nitrogens with zero attached hydrogens (tertiary/aromatic N) is 1. The molecule has 1 N–H and O–H groups in total. The maximum atomic E-state index is 11.8. The van der Waals surface area contributed by atoms with Gasteiger partial charge in [0.25, 0.3) is 0 Å². The molecule has 4 nitrogen and oxygen atoms in total. The molecule has 0 aromatic rings. The number of rotatable bonds is 4. The first-order chi connectivity index (χ1) is 8.24. The van der Waals surface area contributed by atoms with Crippen molar-refractivity contribution in [2.75, 3.05) is 39.4 Å². The molecule has 0 spiro atoms. The number of likely N-dealkylation sites (tertiary alicyclic amines) is 1. The third kappa shape index (κ3) is 4.28. The van der Waals surface area contributed by atoms with Gasteiger partial charge >= 0.3 is 0 Å². The van der Waals surface area contributed by atoms with Gasteiger partial charge in [-0.3, -0.25) is 9.69 Å². The van der Waals surface area contributed by atoms with E-state index in [0.717, 1.165) is 45.2 Å². The minimum Gasteiger partial charge on any atom is -0.381 e. The molecule has 0 aromatic heterocycles. The molecule has 1 amide bonds. The second-order valence-electron chi connectivity index (χ2n) is 5.52. The summed E-state index contributed by atoms with van der Waals surface area (Å²) in [6, 6.07) is 0. The molecule has 2 aliphatic rings. The number of hydrogen-bond donors (Lipinski definition) is 1. The molecule has 0 radical (unpaired) electrons. The molecule has 17 heavy (non-hydrogen) atoms. The zero-order valence-electron chi connectivity index (χ0n) is 10.8. The van der Waals surface area contributed by atoms with E-state index >= 15 is 0 Å². The van der Waals surface area contributed by atoms with Crippen LogP contribution in [-0.2, 0) is 9.53 Å². The Balaban J connectivity index is 1.60. The first-order valence-corrected chi connectivity index (χ1v) is 6.81. The average Bonchev–Trinajstić information content (AvgIpc) is 2.73. The summed E-state index contributed by atoms with van der Waals surface area (Å²) in [7, 11) is 0. The van der Waals surface area contributed by atoms with Crippen LogP contribution >= 0.6 is 0 Å². The Labute approximate surface area is 104 Å². The van der Waals surface area contributed by atoms with Gasteiger partial charge in [-0.2, -0.15) is 0 Å². The van der Waals surface area contributed by atoms with Gasteiger partial charge in [-0.05, 0) is 37.6 Å². The molecular weight excluding hydrogens is 216 g/mol. The highest BCUT2D eigenvalue weighted by atomic mass is 16.5. The van der Waals surface area contributed by atoms with Gasteiger partial charge in [-0.15, -0.1) is 0 Å². The molecular formula is C13H24N2O2. The van der Waals surface area contributed by atoms with Gasteiger partial charge in [0, 0.05) is 19.7 Å². The van der Waals surface area contributed by atoms with Crippen molar-refractivity contribution in [3.8, 4) is 0 Å². The monoisotopic (exact) mass is 240 g/mol. The lowest BCUT2D eigenvalue weighted by Gasteiger charge is -2.23. The molecule has 98 valence electrons. The average molecular weight is 240 g/mol. The Morgan fingerprint density at radius 1 is 1.47 bits per heavy atom. The summed E-state index contributed by atoms with van der Waals surface area (Å²) in [4.78, 5) is 14.0. The van der Waals surface area contributed by atoms with Crippen LogP contribution < -0.4 is 5.32 Å². The zero-order valence-corrected chi connectivity index (χ0v) is 10.8. The van der Waals surface area contributed by atoms with Crippen LogP contribution in [0.2, 0.25) is 0 Å². The van der Waals surface area contributed by atoms with Crippen molar-refractivity contribution >= 4 is 5.91 Å². The van der Waals surface area contributed by atoms with Crippen molar-refractivity contribution in [3.63, 3.8) is 0 Å². The van der Waals surface area contributed by atoms with Gasteiger partial charge in [-0.25, -0.2) is 0 Å². The van der Waals surface area contributed by atoms with Crippen molar-refractivity contribution in [2.24, 2.45) is 11.8 Å². The Bertz CT molecular complexity index is 252. The Morgan fingerprint density at radius 3 is 3.00 bits per heavy atom. The number of amides is 1. The second kappa shape index (κ2) is 6.36. The fraction of sp³-hybridized carbons (Fsp3) is 0.923. The summed E-state index contributed by atoms with van der Waals surface area (Å²) < 4.78 is 5.40. The van der Waals surface area contributed by atoms with Gasteiger partial charge in [0.05, 0.1) is 13.2 Å². The summed E-state index contributed by atoms with van der Waals surface area (Å²) in [5, 5.41) is 3.03. The lowest BCUT2D eigenvalue weighted by Crippen LogP contribution is -2.39. The summed E-state index contributed by atoms with van der Waals surface area (Å²) in [5.41, 5.74) is 0. The lowest BCUT2D eigenvalue weighted by atomic mass is 10.0. The Hall–Kier alpha value is -0.610. The highest BCUT2D eigenvalue weighted by Gasteiger charge is 2.21. The normalized spacial score (nSPS) is 30.4. The highest BCUT2D eigenvalue weighted by Crippen LogP contribution is 2.14. The van der Waals surface area contributed by atoms with Gasteiger partial charge < -0.3 is 10.1 Å². The van der Waals surface area contributed by atoms with Crippen LogP contribution in [0.3, 0.4) is 0 Å². The lowest BCUT2D eigenvalue weighted by molar-refractivity contribution is -0.122. The van der Waals surface area contributed by atoms with E-state index in [0.29, 0.717) is 12.5 Å². The summed E-state index contributed by atoms with van der Waals surface area (Å²) in [5.74, 6) is 1.43. The van der Waals surface area contributed by atoms with Crippen LogP contribution in [0.25, 0.3) is 0 Å². The fourth-order valence-corrected chi connectivity index (χ4v) is 2.66. The van der Waals surface area contributed by atoms with Crippen molar-refractivity contribution in [2.45, 2.75) is 26.2 Å². The summed E-state index contributed by atoms with van der Waals surface area (Å²) in [6.07, 6.45) is 3.54. The number of hydrogen-bond acceptors (Lipinski definition) is 3. The van der Waals surface area contributed by atoms with Crippen LogP contribution in [0, 0.1) is 11.8 Å². The first-order valence-electron chi connectivity index (χ1n) is 6.81. The molecule has 4 heteroatoms. The predicted octanol–water partition coefficient (Wildman–Crippen LogP) is 0.871. The van der Waals surface area contributed by atoms with Gasteiger partial charge in [0.1, 0.15) is 0 Å². The minimum atomic E-state index is 0.171. The maximum absolute atomic E-state index is 11.8. The number of carbonyl (C=O) groups is 1. The van der Waals surface area contributed by atoms with E-state index in [4.69, 9.17) is 4.74 Å². The van der Waals surface area contributed by atoms with Gasteiger partial charge in [0.15, 0.2) is 0 Å². The smallest absolute Gasteiger partial charge is 0.234 e. The van der Waals surface area contributed by atoms with Crippen LogP contribution in [-0.4, -0.2) is 50.2 Å². The minimum absolute atomic E-state index is 0.171. The molecule has 0 aromatic carbocycles. The van der Waals surface area contributed by atoms with Crippen molar-refractivity contribution in [1.82, 2.24) is 10.2 Å². The molecule has 2 rings (SSSR count). The molecule has 2 atom stereocenters. The van der Waals surface area contributed by atoms with Crippen molar-refractivity contribution < 1.29 is 9.53 Å². The van der Waals surface area contributed by atoms with E-state index in [2.05, 4.69) is 17.1 Å². The molecule has 0 bridgehead atoms. The van der Waals surface area contributed by atoms with Crippen LogP contribution in [0.15, 0.2) is 0 Å². The molecule has 2 fully saturated rings. The predicted molar refractivity (Wildman–Crippen MR) is 66.8 cm³/mol. The quantitative estimate of drug-likeness (QED) is 0.793.